The molecule has 1 heterocycles. The molecule has 0 spiro atoms. The van der Waals surface area contributed by atoms with Crippen LogP contribution >= 0.6 is 11.6 Å². The molecule has 3 aromatic rings. The van der Waals surface area contributed by atoms with Crippen molar-refractivity contribution in [3.8, 4) is 11.5 Å². The number of carbonyl (C=O) groups is 3. The van der Waals surface area contributed by atoms with Gasteiger partial charge in [-0.05, 0) is 48.5 Å². The highest BCUT2D eigenvalue weighted by molar-refractivity contribution is 6.33. The van der Waals surface area contributed by atoms with E-state index < -0.39 is 24.1 Å². The first kappa shape index (κ1) is 21.4. The molecule has 0 N–H and O–H groups in total. The predicted molar refractivity (Wildman–Crippen MR) is 121 cm³/mol. The Balaban J connectivity index is 1.86. The lowest BCUT2D eigenvalue weighted by Gasteiger charge is -2.25. The molecule has 0 unspecified atom stereocenters. The Morgan fingerprint density at radius 3 is 2.25 bits per heavy atom. The van der Waals surface area contributed by atoms with Crippen LogP contribution < -0.4 is 19.3 Å². The molecule has 0 atom stereocenters. The predicted octanol–water partition coefficient (Wildman–Crippen LogP) is 4.60. The third kappa shape index (κ3) is 3.78. The van der Waals surface area contributed by atoms with E-state index >= 15 is 0 Å². The topological polar surface area (TPSA) is 76.2 Å². The van der Waals surface area contributed by atoms with Gasteiger partial charge in [-0.2, -0.15) is 0 Å². The summed E-state index contributed by atoms with van der Waals surface area (Å²) in [5.41, 5.74) is 1.37. The van der Waals surface area contributed by atoms with Crippen LogP contribution in [0, 0.1) is 0 Å². The summed E-state index contributed by atoms with van der Waals surface area (Å²) in [6.45, 7) is 0. The van der Waals surface area contributed by atoms with Crippen molar-refractivity contribution < 1.29 is 23.9 Å². The van der Waals surface area contributed by atoms with Crippen molar-refractivity contribution in [2.24, 2.45) is 0 Å². The Bertz CT molecular complexity index is 1210. The van der Waals surface area contributed by atoms with Gasteiger partial charge < -0.3 is 9.47 Å². The van der Waals surface area contributed by atoms with Crippen molar-refractivity contribution in [1.29, 1.82) is 0 Å². The fraction of sp³-hybridized carbons (Fsp3) is 0.125. The molecule has 3 aromatic carbocycles. The van der Waals surface area contributed by atoms with Crippen molar-refractivity contribution in [2.75, 3.05) is 24.0 Å². The number of nitrogens with zero attached hydrogens (tertiary/aromatic N) is 2. The number of ether oxygens (including phenoxy) is 2. The van der Waals surface area contributed by atoms with Gasteiger partial charge >= 0.3 is 0 Å². The van der Waals surface area contributed by atoms with Crippen LogP contribution in [0.3, 0.4) is 0 Å². The maximum absolute atomic E-state index is 13.5. The van der Waals surface area contributed by atoms with E-state index in [1.54, 1.807) is 48.5 Å². The summed E-state index contributed by atoms with van der Waals surface area (Å²) in [4.78, 5) is 42.1. The second-order valence-electron chi connectivity index (χ2n) is 6.98. The van der Waals surface area contributed by atoms with Gasteiger partial charge in [0.25, 0.3) is 5.91 Å². The molecule has 1 aliphatic heterocycles. The van der Waals surface area contributed by atoms with Crippen molar-refractivity contribution in [3.63, 3.8) is 0 Å². The van der Waals surface area contributed by atoms with E-state index in [2.05, 4.69) is 0 Å². The van der Waals surface area contributed by atoms with Crippen LogP contribution in [-0.2, 0) is 9.59 Å². The summed E-state index contributed by atoms with van der Waals surface area (Å²) in [6, 6.07) is 18.2. The fourth-order valence-electron chi connectivity index (χ4n) is 3.60. The van der Waals surface area contributed by atoms with Crippen LogP contribution in [0.2, 0.25) is 5.02 Å². The molecule has 0 saturated heterocycles. The molecule has 0 bridgehead atoms. The van der Waals surface area contributed by atoms with Crippen LogP contribution in [0.4, 0.5) is 17.1 Å². The van der Waals surface area contributed by atoms with E-state index in [4.69, 9.17) is 21.1 Å². The van der Waals surface area contributed by atoms with E-state index in [0.717, 1.165) is 4.90 Å². The van der Waals surface area contributed by atoms with Gasteiger partial charge in [-0.25, -0.2) is 4.90 Å². The molecule has 3 amide bonds. The largest absolute Gasteiger partial charge is 0.493 e. The summed E-state index contributed by atoms with van der Waals surface area (Å²) < 4.78 is 10.5. The number of benzene rings is 3. The summed E-state index contributed by atoms with van der Waals surface area (Å²) in [5.74, 6) is -0.908. The lowest BCUT2D eigenvalue weighted by molar-refractivity contribution is -0.125. The number of hydrogen-bond acceptors (Lipinski definition) is 5. The Kier molecular flexibility index (Phi) is 5.83. The van der Waals surface area contributed by atoms with Crippen molar-refractivity contribution in [3.05, 3.63) is 77.3 Å². The highest BCUT2D eigenvalue weighted by Gasteiger charge is 2.36. The standard InChI is InChI=1S/C24H19ClN2O5/c1-31-20-11-8-15(12-21(20)32-2)24(30)27-18-10-9-16(25)13-19(18)26(22(28)14-23(27)29)17-6-4-3-5-7-17/h3-13H,14H2,1-2H3. The molecule has 0 radical (unpaired) electrons. The zero-order chi connectivity index (χ0) is 22.8. The lowest BCUT2D eigenvalue weighted by atomic mass is 10.1. The van der Waals surface area contributed by atoms with E-state index in [0.29, 0.717) is 27.9 Å². The molecule has 1 aliphatic rings. The first-order chi connectivity index (χ1) is 15.4. The van der Waals surface area contributed by atoms with E-state index in [-0.39, 0.29) is 11.3 Å². The summed E-state index contributed by atoms with van der Waals surface area (Å²) in [5, 5.41) is 0.366. The number of anilines is 3. The van der Waals surface area contributed by atoms with Crippen molar-refractivity contribution >= 4 is 46.4 Å². The van der Waals surface area contributed by atoms with Gasteiger partial charge in [-0.3, -0.25) is 19.3 Å². The number of methoxy groups -OCH3 is 2. The second kappa shape index (κ2) is 8.72. The minimum absolute atomic E-state index is 0.206. The minimum Gasteiger partial charge on any atom is -0.493 e. The highest BCUT2D eigenvalue weighted by atomic mass is 35.5. The van der Waals surface area contributed by atoms with Crippen LogP contribution in [0.1, 0.15) is 16.8 Å². The van der Waals surface area contributed by atoms with Gasteiger partial charge in [0.15, 0.2) is 11.5 Å². The lowest BCUT2D eigenvalue weighted by Crippen LogP contribution is -2.37. The highest BCUT2D eigenvalue weighted by Crippen LogP contribution is 2.40. The normalized spacial score (nSPS) is 13.5. The molecular weight excluding hydrogens is 432 g/mol. The Morgan fingerprint density at radius 1 is 0.844 bits per heavy atom. The smallest absolute Gasteiger partial charge is 0.265 e. The summed E-state index contributed by atoms with van der Waals surface area (Å²) in [7, 11) is 2.94. The summed E-state index contributed by atoms with van der Waals surface area (Å²) >= 11 is 6.23. The quantitative estimate of drug-likeness (QED) is 0.429. The van der Waals surface area contributed by atoms with E-state index in [9.17, 15) is 14.4 Å². The van der Waals surface area contributed by atoms with Gasteiger partial charge in [0.2, 0.25) is 11.8 Å². The molecule has 0 aliphatic carbocycles. The molecule has 7 nitrogen and oxygen atoms in total. The van der Waals surface area contributed by atoms with Crippen LogP contribution in [0.25, 0.3) is 0 Å². The monoisotopic (exact) mass is 450 g/mol. The van der Waals surface area contributed by atoms with Gasteiger partial charge in [0.05, 0.1) is 25.6 Å². The number of carbonyl (C=O) groups excluding carboxylic acids is 3. The molecule has 0 fully saturated rings. The van der Waals surface area contributed by atoms with Crippen molar-refractivity contribution in [2.45, 2.75) is 6.42 Å². The molecule has 4 rings (SSSR count). The first-order valence-corrected chi connectivity index (χ1v) is 10.1. The van der Waals surface area contributed by atoms with Gasteiger partial charge in [0.1, 0.15) is 6.42 Å². The zero-order valence-corrected chi connectivity index (χ0v) is 18.1. The van der Waals surface area contributed by atoms with E-state index in [1.807, 2.05) is 6.07 Å². The van der Waals surface area contributed by atoms with Crippen LogP contribution in [0.5, 0.6) is 11.5 Å². The van der Waals surface area contributed by atoms with E-state index in [1.165, 1.54) is 31.3 Å². The number of rotatable bonds is 4. The number of fused-ring (bicyclic) bond motifs is 1. The number of amides is 3. The minimum atomic E-state index is -0.642. The molecule has 162 valence electrons. The van der Waals surface area contributed by atoms with Gasteiger partial charge in [-0.15, -0.1) is 0 Å². The Morgan fingerprint density at radius 2 is 1.56 bits per heavy atom. The van der Waals surface area contributed by atoms with Crippen LogP contribution in [-0.4, -0.2) is 31.9 Å². The number of para-hydroxylation sites is 1. The molecule has 32 heavy (non-hydrogen) atoms. The third-order valence-electron chi connectivity index (χ3n) is 5.07. The zero-order valence-electron chi connectivity index (χ0n) is 17.4. The Labute approximate surface area is 189 Å². The Hall–Kier alpha value is -3.84. The number of imide groups is 1. The number of halogens is 1. The second-order valence-corrected chi connectivity index (χ2v) is 7.42. The van der Waals surface area contributed by atoms with Gasteiger partial charge in [-0.1, -0.05) is 29.8 Å². The molecule has 8 heteroatoms. The molecular formula is C24H19ClN2O5. The van der Waals surface area contributed by atoms with Crippen LogP contribution in [0.15, 0.2) is 66.7 Å². The summed E-state index contributed by atoms with van der Waals surface area (Å²) in [6.07, 6.45) is -0.486. The maximum Gasteiger partial charge on any atom is 0.265 e. The third-order valence-corrected chi connectivity index (χ3v) is 5.30. The molecule has 0 saturated carbocycles. The maximum atomic E-state index is 13.5. The average Bonchev–Trinajstić information content (AvgIpc) is 2.91. The average molecular weight is 451 g/mol. The number of hydrogen-bond donors (Lipinski definition) is 0. The molecule has 0 aromatic heterocycles. The first-order valence-electron chi connectivity index (χ1n) is 9.71. The SMILES string of the molecule is COc1ccc(C(=O)N2C(=O)CC(=O)N(c3ccccc3)c3cc(Cl)ccc32)cc1OC. The van der Waals surface area contributed by atoms with Gasteiger partial charge in [0, 0.05) is 16.3 Å². The fourth-order valence-corrected chi connectivity index (χ4v) is 3.77. The van der Waals surface area contributed by atoms with Crippen molar-refractivity contribution in [1.82, 2.24) is 0 Å².